The van der Waals surface area contributed by atoms with E-state index in [4.69, 9.17) is 16.3 Å². The summed E-state index contributed by atoms with van der Waals surface area (Å²) >= 11 is 6.09. The van der Waals surface area contributed by atoms with Crippen molar-refractivity contribution in [3.63, 3.8) is 0 Å². The number of fused-ring (bicyclic) bond motifs is 3. The van der Waals surface area contributed by atoms with E-state index in [0.717, 1.165) is 0 Å². The summed E-state index contributed by atoms with van der Waals surface area (Å²) in [6.07, 6.45) is 1.67. The number of aromatic nitrogens is 3. The van der Waals surface area contributed by atoms with Gasteiger partial charge in [0.05, 0.1) is 23.9 Å². The fourth-order valence-corrected chi connectivity index (χ4v) is 6.10. The van der Waals surface area contributed by atoms with Gasteiger partial charge in [0.15, 0.2) is 5.82 Å². The topological polar surface area (TPSA) is 110 Å². The number of rotatable bonds is 5. The predicted molar refractivity (Wildman–Crippen MR) is 138 cm³/mol. The molecule has 0 bridgehead atoms. The van der Waals surface area contributed by atoms with E-state index in [9.17, 15) is 8.42 Å². The molecule has 190 valence electrons. The molecule has 0 amide bonds. The lowest BCUT2D eigenvalue weighted by Gasteiger charge is -2.21. The molecule has 2 aromatic carbocycles. The number of benzene rings is 2. The van der Waals surface area contributed by atoms with Crippen LogP contribution in [0.3, 0.4) is 0 Å². The highest BCUT2D eigenvalue weighted by Gasteiger charge is 2.27. The molecule has 0 atom stereocenters. The molecule has 0 saturated carbocycles. The van der Waals surface area contributed by atoms with Crippen molar-refractivity contribution in [2.45, 2.75) is 24.4 Å². The Labute approximate surface area is 217 Å². The summed E-state index contributed by atoms with van der Waals surface area (Å²) in [5, 5.41) is 3.37. The Bertz CT molecular complexity index is 1690. The van der Waals surface area contributed by atoms with Crippen molar-refractivity contribution < 1.29 is 17.5 Å². The highest BCUT2D eigenvalue weighted by Crippen LogP contribution is 2.41. The second-order valence-electron chi connectivity index (χ2n) is 8.91. The molecule has 4 aliphatic rings. The van der Waals surface area contributed by atoms with Gasteiger partial charge < -0.3 is 14.6 Å². The number of ether oxygens (including phenoxy) is 1. The van der Waals surface area contributed by atoms with Crippen LogP contribution in [0.15, 0.2) is 58.5 Å². The number of halogens is 2. The molecule has 12 heteroatoms. The zero-order valence-corrected chi connectivity index (χ0v) is 21.3. The summed E-state index contributed by atoms with van der Waals surface area (Å²) in [5.41, 5.74) is 2.43. The molecule has 37 heavy (non-hydrogen) atoms. The van der Waals surface area contributed by atoms with Gasteiger partial charge in [-0.3, -0.25) is 4.72 Å². The summed E-state index contributed by atoms with van der Waals surface area (Å²) in [4.78, 5) is 13.4. The van der Waals surface area contributed by atoms with E-state index in [1.54, 1.807) is 31.3 Å². The van der Waals surface area contributed by atoms with Gasteiger partial charge in [-0.2, -0.15) is 4.98 Å². The molecule has 6 rings (SSSR count). The Hall–Kier alpha value is -3.54. The first-order valence-corrected chi connectivity index (χ1v) is 13.5. The van der Waals surface area contributed by atoms with Crippen molar-refractivity contribution in [2.75, 3.05) is 29.8 Å². The first-order chi connectivity index (χ1) is 17.8. The summed E-state index contributed by atoms with van der Waals surface area (Å²) in [5.74, 6) is 0.688. The van der Waals surface area contributed by atoms with Crippen LogP contribution in [0.5, 0.6) is 0 Å². The zero-order valence-electron chi connectivity index (χ0n) is 19.7. The molecule has 0 radical (unpaired) electrons. The second-order valence-corrected chi connectivity index (χ2v) is 11.0. The summed E-state index contributed by atoms with van der Waals surface area (Å²) in [6, 6.07) is 11.0. The van der Waals surface area contributed by atoms with E-state index in [-0.39, 0.29) is 27.2 Å². The molecule has 1 saturated heterocycles. The van der Waals surface area contributed by atoms with Crippen molar-refractivity contribution in [3.05, 3.63) is 70.7 Å². The number of hydrogen-bond donors (Lipinski definition) is 2. The van der Waals surface area contributed by atoms with Crippen LogP contribution in [0.2, 0.25) is 5.02 Å². The predicted octanol–water partition coefficient (Wildman–Crippen LogP) is 3.68. The number of nitrogens with zero attached hydrogens (tertiary/aromatic N) is 4. The third kappa shape index (κ3) is 4.22. The fraction of sp³-hybridized carbons (Fsp3) is 0.240. The average Bonchev–Trinajstić information content (AvgIpc) is 3.34. The third-order valence-electron chi connectivity index (χ3n) is 6.40. The molecule has 0 spiro atoms. The van der Waals surface area contributed by atoms with E-state index in [1.807, 2.05) is 10.6 Å². The average molecular weight is 541 g/mol. The Kier molecular flexibility index (Phi) is 5.85. The molecule has 0 aromatic heterocycles. The molecule has 0 unspecified atom stereocenters. The number of aryl methyl sites for hydroxylation is 1. The van der Waals surface area contributed by atoms with E-state index in [0.29, 0.717) is 60.3 Å². The lowest BCUT2D eigenvalue weighted by atomic mass is 9.97. The van der Waals surface area contributed by atoms with E-state index >= 15 is 4.39 Å². The molecule has 4 heterocycles. The maximum absolute atomic E-state index is 16.0. The van der Waals surface area contributed by atoms with Crippen LogP contribution in [-0.2, 0) is 21.3 Å². The highest BCUT2D eigenvalue weighted by atomic mass is 35.5. The Morgan fingerprint density at radius 2 is 2.05 bits per heavy atom. The summed E-state index contributed by atoms with van der Waals surface area (Å²) in [6.45, 7) is 4.16. The van der Waals surface area contributed by atoms with Crippen LogP contribution in [-0.4, -0.2) is 48.8 Å². The number of sulfonamides is 1. The van der Waals surface area contributed by atoms with Gasteiger partial charge in [0.25, 0.3) is 10.0 Å². The zero-order chi connectivity index (χ0) is 25.7. The smallest absolute Gasteiger partial charge is 0.263 e. The van der Waals surface area contributed by atoms with Crippen molar-refractivity contribution in [1.29, 1.82) is 0 Å². The minimum Gasteiger partial charge on any atom is -0.377 e. The van der Waals surface area contributed by atoms with Gasteiger partial charge >= 0.3 is 0 Å². The van der Waals surface area contributed by atoms with Crippen LogP contribution in [0, 0.1) is 12.7 Å². The standard InChI is InChI=1S/C25H22ClFN6O3S/c1-14-6-7-19(32-37(34,35)20-5-3-2-4-18(20)26)22(27)21(14)17-10-15-11-29-25(30-16-12-36-13-16)31-23(15)33-9-8-28-24(17)33/h2-7,10-11,16,28,32H,8-9,12-13H2,1H3. The van der Waals surface area contributed by atoms with Gasteiger partial charge in [-0.05, 0) is 36.8 Å². The SMILES string of the molecule is Cc1ccc(NS(=O)(=O)c2ccccc2Cl)c(F)c1-c1cc2cnc(=NC3COC3)nc-2n2c1NCC2. The molecule has 4 aliphatic heterocycles. The molecular formula is C25H22ClFN6O3S. The van der Waals surface area contributed by atoms with Crippen LogP contribution < -0.4 is 15.7 Å². The number of nitrogens with one attached hydrogen (secondary N) is 2. The van der Waals surface area contributed by atoms with Gasteiger partial charge in [0.1, 0.15) is 22.6 Å². The van der Waals surface area contributed by atoms with Gasteiger partial charge in [0.2, 0.25) is 5.62 Å². The molecule has 1 fully saturated rings. The van der Waals surface area contributed by atoms with Gasteiger partial charge in [-0.1, -0.05) is 29.8 Å². The molecular weight excluding hydrogens is 519 g/mol. The summed E-state index contributed by atoms with van der Waals surface area (Å²) < 4.78 is 51.5. The number of anilines is 2. The Morgan fingerprint density at radius 3 is 2.81 bits per heavy atom. The van der Waals surface area contributed by atoms with Crippen molar-refractivity contribution in [3.8, 4) is 22.5 Å². The number of hydrogen-bond acceptors (Lipinski definition) is 7. The number of pyridine rings is 1. The first-order valence-electron chi connectivity index (χ1n) is 11.6. The fourth-order valence-electron chi connectivity index (χ4n) is 4.52. The second kappa shape index (κ2) is 9.09. The summed E-state index contributed by atoms with van der Waals surface area (Å²) in [7, 11) is -4.12. The first kappa shape index (κ1) is 23.8. The Morgan fingerprint density at radius 1 is 1.24 bits per heavy atom. The van der Waals surface area contributed by atoms with Crippen molar-refractivity contribution in [2.24, 2.45) is 4.99 Å². The Balaban J connectivity index is 1.47. The maximum Gasteiger partial charge on any atom is 0.263 e. The van der Waals surface area contributed by atoms with E-state index in [1.165, 1.54) is 18.2 Å². The van der Waals surface area contributed by atoms with Crippen molar-refractivity contribution in [1.82, 2.24) is 14.5 Å². The normalized spacial score (nSPS) is 15.9. The minimum atomic E-state index is -4.12. The molecule has 9 nitrogen and oxygen atoms in total. The molecule has 0 aliphatic carbocycles. The molecule has 2 N–H and O–H groups in total. The minimum absolute atomic E-state index is 0.0478. The van der Waals surface area contributed by atoms with Crippen LogP contribution in [0.1, 0.15) is 5.56 Å². The van der Waals surface area contributed by atoms with Gasteiger partial charge in [-0.15, -0.1) is 0 Å². The van der Waals surface area contributed by atoms with Crippen LogP contribution >= 0.6 is 11.6 Å². The van der Waals surface area contributed by atoms with Crippen molar-refractivity contribution >= 4 is 33.1 Å². The van der Waals surface area contributed by atoms with E-state index in [2.05, 4.69) is 25.0 Å². The molecule has 2 aromatic rings. The monoisotopic (exact) mass is 540 g/mol. The van der Waals surface area contributed by atoms with Gasteiger partial charge in [-0.25, -0.2) is 22.8 Å². The lowest BCUT2D eigenvalue weighted by molar-refractivity contribution is 0.0112. The van der Waals surface area contributed by atoms with E-state index < -0.39 is 15.8 Å². The van der Waals surface area contributed by atoms with Crippen LogP contribution in [0.4, 0.5) is 15.9 Å². The third-order valence-corrected chi connectivity index (χ3v) is 8.27. The maximum atomic E-state index is 16.0. The highest BCUT2D eigenvalue weighted by molar-refractivity contribution is 7.92. The van der Waals surface area contributed by atoms with Gasteiger partial charge in [0, 0.05) is 36.0 Å². The largest absolute Gasteiger partial charge is 0.377 e. The lowest BCUT2D eigenvalue weighted by Crippen LogP contribution is -2.34. The van der Waals surface area contributed by atoms with Crippen LogP contribution in [0.25, 0.3) is 22.5 Å². The quantitative estimate of drug-likeness (QED) is 0.399.